The van der Waals surface area contributed by atoms with Gasteiger partial charge in [-0.15, -0.1) is 11.3 Å². The highest BCUT2D eigenvalue weighted by atomic mass is 32.1. The van der Waals surface area contributed by atoms with E-state index in [1.54, 1.807) is 11.3 Å². The van der Waals surface area contributed by atoms with Gasteiger partial charge in [-0.3, -0.25) is 0 Å². The van der Waals surface area contributed by atoms with Crippen LogP contribution in [0.2, 0.25) is 0 Å². The Kier molecular flexibility index (Phi) is 1.95. The Morgan fingerprint density at radius 2 is 2.60 bits per heavy atom. The van der Waals surface area contributed by atoms with Crippen molar-refractivity contribution in [3.63, 3.8) is 0 Å². The van der Waals surface area contributed by atoms with E-state index in [0.717, 1.165) is 24.3 Å². The SMILES string of the molecule is O=C1NC2(CCCC2c2nccs2)CO1. The zero-order valence-corrected chi connectivity index (χ0v) is 9.05. The highest BCUT2D eigenvalue weighted by Gasteiger charge is 2.50. The molecule has 0 bridgehead atoms. The van der Waals surface area contributed by atoms with Crippen molar-refractivity contribution in [2.24, 2.45) is 0 Å². The molecule has 1 N–H and O–H groups in total. The Bertz CT molecular complexity index is 379. The Morgan fingerprint density at radius 3 is 3.27 bits per heavy atom. The van der Waals surface area contributed by atoms with Crippen LogP contribution in [0.3, 0.4) is 0 Å². The fraction of sp³-hybridized carbons (Fsp3) is 0.600. The van der Waals surface area contributed by atoms with Gasteiger partial charge in [-0.2, -0.15) is 0 Å². The maximum Gasteiger partial charge on any atom is 0.407 e. The predicted molar refractivity (Wildman–Crippen MR) is 55.9 cm³/mol. The molecule has 1 amide bonds. The number of carbonyl (C=O) groups is 1. The van der Waals surface area contributed by atoms with Crippen molar-refractivity contribution in [3.05, 3.63) is 16.6 Å². The third kappa shape index (κ3) is 1.33. The van der Waals surface area contributed by atoms with Crippen LogP contribution in [0.4, 0.5) is 4.79 Å². The molecule has 5 heteroatoms. The standard InChI is InChI=1S/C10H12N2O2S/c13-9-12-10(6-14-9)3-1-2-7(10)8-11-4-5-15-8/h4-5,7H,1-3,6H2,(H,12,13). The number of alkyl carbamates (subject to hydrolysis) is 1. The van der Waals surface area contributed by atoms with Crippen LogP contribution in [-0.2, 0) is 4.74 Å². The number of amides is 1. The maximum atomic E-state index is 11.2. The van der Waals surface area contributed by atoms with Crippen LogP contribution >= 0.6 is 11.3 Å². The summed E-state index contributed by atoms with van der Waals surface area (Å²) in [5.74, 6) is 0.337. The highest BCUT2D eigenvalue weighted by Crippen LogP contribution is 2.45. The third-order valence-corrected chi connectivity index (χ3v) is 4.23. The fourth-order valence-electron chi connectivity index (χ4n) is 2.63. The largest absolute Gasteiger partial charge is 0.447 e. The number of cyclic esters (lactones) is 1. The van der Waals surface area contributed by atoms with E-state index in [1.807, 2.05) is 11.6 Å². The number of ether oxygens (including phenoxy) is 1. The molecule has 2 aliphatic rings. The monoisotopic (exact) mass is 224 g/mol. The van der Waals surface area contributed by atoms with Crippen molar-refractivity contribution in [2.45, 2.75) is 30.7 Å². The van der Waals surface area contributed by atoms with E-state index in [9.17, 15) is 4.79 Å². The summed E-state index contributed by atoms with van der Waals surface area (Å²) >= 11 is 1.66. The summed E-state index contributed by atoms with van der Waals surface area (Å²) in [7, 11) is 0. The molecule has 0 radical (unpaired) electrons. The summed E-state index contributed by atoms with van der Waals surface area (Å²) in [6, 6.07) is 0. The predicted octanol–water partition coefficient (Wildman–Crippen LogP) is 1.89. The lowest BCUT2D eigenvalue weighted by molar-refractivity contribution is 0.170. The molecule has 1 saturated carbocycles. The van der Waals surface area contributed by atoms with E-state index < -0.39 is 0 Å². The molecule has 2 fully saturated rings. The Balaban J connectivity index is 1.92. The van der Waals surface area contributed by atoms with Crippen molar-refractivity contribution < 1.29 is 9.53 Å². The molecule has 3 rings (SSSR count). The van der Waals surface area contributed by atoms with Crippen molar-refractivity contribution in [2.75, 3.05) is 6.61 Å². The molecule has 0 aromatic carbocycles. The van der Waals surface area contributed by atoms with Gasteiger partial charge in [0, 0.05) is 17.5 Å². The number of rotatable bonds is 1. The molecule has 2 atom stereocenters. The molecule has 1 aromatic rings. The molecule has 2 heterocycles. The summed E-state index contributed by atoms with van der Waals surface area (Å²) < 4.78 is 5.05. The Hall–Kier alpha value is -1.10. The molecule has 80 valence electrons. The summed E-state index contributed by atoms with van der Waals surface area (Å²) in [5.41, 5.74) is -0.172. The number of hydrogen-bond donors (Lipinski definition) is 1. The zero-order chi connectivity index (χ0) is 10.3. The highest BCUT2D eigenvalue weighted by molar-refractivity contribution is 7.09. The summed E-state index contributed by atoms with van der Waals surface area (Å²) in [4.78, 5) is 15.5. The molecule has 1 saturated heterocycles. The second kappa shape index (κ2) is 3.20. The van der Waals surface area contributed by atoms with Crippen LogP contribution in [0.1, 0.15) is 30.2 Å². The summed E-state index contributed by atoms with van der Waals surface area (Å²) in [6.07, 6.45) is 4.77. The summed E-state index contributed by atoms with van der Waals surface area (Å²) in [5, 5.41) is 6.08. The van der Waals surface area contributed by atoms with Crippen LogP contribution < -0.4 is 5.32 Å². The minimum Gasteiger partial charge on any atom is -0.447 e. The van der Waals surface area contributed by atoms with E-state index in [-0.39, 0.29) is 11.6 Å². The second-order valence-corrected chi connectivity index (χ2v) is 5.10. The van der Waals surface area contributed by atoms with Crippen LogP contribution in [-0.4, -0.2) is 23.2 Å². The normalized spacial score (nSPS) is 34.4. The first-order chi connectivity index (χ1) is 7.30. The van der Waals surface area contributed by atoms with E-state index in [1.165, 1.54) is 0 Å². The molecule has 1 aliphatic heterocycles. The van der Waals surface area contributed by atoms with Crippen molar-refractivity contribution in [3.8, 4) is 0 Å². The first-order valence-corrected chi connectivity index (χ1v) is 6.02. The number of thiazole rings is 1. The van der Waals surface area contributed by atoms with Gasteiger partial charge in [0.2, 0.25) is 0 Å². The number of nitrogens with one attached hydrogen (secondary N) is 1. The first-order valence-electron chi connectivity index (χ1n) is 5.14. The molecule has 1 aromatic heterocycles. The number of aromatic nitrogens is 1. The molecular formula is C10H12N2O2S. The topological polar surface area (TPSA) is 51.2 Å². The maximum absolute atomic E-state index is 11.2. The van der Waals surface area contributed by atoms with E-state index in [2.05, 4.69) is 10.3 Å². The quantitative estimate of drug-likeness (QED) is 0.792. The zero-order valence-electron chi connectivity index (χ0n) is 8.23. The van der Waals surface area contributed by atoms with Gasteiger partial charge in [0.1, 0.15) is 6.61 Å². The lowest BCUT2D eigenvalue weighted by atomic mass is 9.89. The van der Waals surface area contributed by atoms with E-state index in [0.29, 0.717) is 12.5 Å². The fourth-order valence-corrected chi connectivity index (χ4v) is 3.52. The number of hydrogen-bond acceptors (Lipinski definition) is 4. The first kappa shape index (κ1) is 9.15. The average Bonchev–Trinajstić information content (AvgIpc) is 2.89. The average molecular weight is 224 g/mol. The van der Waals surface area contributed by atoms with Gasteiger partial charge < -0.3 is 10.1 Å². The minimum absolute atomic E-state index is 0.172. The van der Waals surface area contributed by atoms with Crippen LogP contribution in [0, 0.1) is 0 Å². The smallest absolute Gasteiger partial charge is 0.407 e. The van der Waals surface area contributed by atoms with Crippen molar-refractivity contribution in [1.82, 2.24) is 10.3 Å². The lowest BCUT2D eigenvalue weighted by Crippen LogP contribution is -2.45. The Labute approximate surface area is 91.7 Å². The lowest BCUT2D eigenvalue weighted by Gasteiger charge is -2.26. The van der Waals surface area contributed by atoms with E-state index in [4.69, 9.17) is 4.74 Å². The molecule has 1 spiro atoms. The van der Waals surface area contributed by atoms with Gasteiger partial charge in [-0.1, -0.05) is 6.42 Å². The van der Waals surface area contributed by atoms with Gasteiger partial charge in [-0.05, 0) is 12.8 Å². The summed E-state index contributed by atoms with van der Waals surface area (Å²) in [6.45, 7) is 0.496. The number of nitrogens with zero attached hydrogens (tertiary/aromatic N) is 1. The van der Waals surface area contributed by atoms with E-state index >= 15 is 0 Å². The Morgan fingerprint density at radius 1 is 1.67 bits per heavy atom. The van der Waals surface area contributed by atoms with Gasteiger partial charge >= 0.3 is 6.09 Å². The van der Waals surface area contributed by atoms with Crippen molar-refractivity contribution in [1.29, 1.82) is 0 Å². The van der Waals surface area contributed by atoms with Crippen LogP contribution in [0.25, 0.3) is 0 Å². The molecule has 4 nitrogen and oxygen atoms in total. The number of carbonyl (C=O) groups excluding carboxylic acids is 1. The van der Waals surface area contributed by atoms with Crippen LogP contribution in [0.5, 0.6) is 0 Å². The molecule has 15 heavy (non-hydrogen) atoms. The second-order valence-electron chi connectivity index (χ2n) is 4.17. The molecule has 2 unspecified atom stereocenters. The van der Waals surface area contributed by atoms with Gasteiger partial charge in [0.15, 0.2) is 0 Å². The van der Waals surface area contributed by atoms with Gasteiger partial charge in [0.25, 0.3) is 0 Å². The minimum atomic E-state index is -0.279. The molecular weight excluding hydrogens is 212 g/mol. The third-order valence-electron chi connectivity index (χ3n) is 3.34. The molecule has 1 aliphatic carbocycles. The van der Waals surface area contributed by atoms with Crippen LogP contribution in [0.15, 0.2) is 11.6 Å². The van der Waals surface area contributed by atoms with Crippen molar-refractivity contribution >= 4 is 17.4 Å². The van der Waals surface area contributed by atoms with Gasteiger partial charge in [0.05, 0.1) is 10.5 Å². The van der Waals surface area contributed by atoms with Gasteiger partial charge in [-0.25, -0.2) is 9.78 Å².